The second-order valence-electron chi connectivity index (χ2n) is 5.47. The molecule has 3 rings (SSSR count). The van der Waals surface area contributed by atoms with Crippen LogP contribution in [0, 0.1) is 0 Å². The first kappa shape index (κ1) is 18.7. The summed E-state index contributed by atoms with van der Waals surface area (Å²) in [5, 5.41) is 2.69. The fourth-order valence-electron chi connectivity index (χ4n) is 2.30. The Labute approximate surface area is 166 Å². The normalized spacial score (nSPS) is 14.0. The average Bonchev–Trinajstić information content (AvgIpc) is 2.64. The van der Waals surface area contributed by atoms with Crippen LogP contribution < -0.4 is 11.1 Å². The Hall–Kier alpha value is -2.09. The molecule has 3 N–H and O–H groups in total. The molecule has 0 radical (unpaired) electrons. The number of nitrogens with one attached hydrogen (secondary N) is 1. The summed E-state index contributed by atoms with van der Waals surface area (Å²) >= 11 is 8.12. The zero-order chi connectivity index (χ0) is 18.4. The van der Waals surface area contributed by atoms with Gasteiger partial charge in [0.1, 0.15) is 11.4 Å². The third-order valence-corrected chi connectivity index (χ3v) is 6.34. The summed E-state index contributed by atoms with van der Waals surface area (Å²) in [5.41, 5.74) is 8.78. The number of rotatable bonds is 6. The van der Waals surface area contributed by atoms with Crippen LogP contribution >= 0.6 is 35.7 Å². The van der Waals surface area contributed by atoms with Gasteiger partial charge in [-0.15, -0.1) is 23.5 Å². The highest BCUT2D eigenvalue weighted by atomic mass is 32.2. The molecule has 2 aromatic rings. The van der Waals surface area contributed by atoms with E-state index < -0.39 is 0 Å². The molecule has 26 heavy (non-hydrogen) atoms. The zero-order valence-electron chi connectivity index (χ0n) is 13.8. The minimum atomic E-state index is -0.293. The highest BCUT2D eigenvalue weighted by Crippen LogP contribution is 2.36. The van der Waals surface area contributed by atoms with Crippen molar-refractivity contribution in [3.63, 3.8) is 0 Å². The maximum atomic E-state index is 12.4. The molecule has 0 unspecified atom stereocenters. The van der Waals surface area contributed by atoms with Gasteiger partial charge in [0.05, 0.1) is 4.24 Å². The van der Waals surface area contributed by atoms with E-state index in [1.165, 1.54) is 11.1 Å². The van der Waals surface area contributed by atoms with Gasteiger partial charge in [-0.25, -0.2) is 4.99 Å². The molecule has 0 aliphatic carbocycles. The van der Waals surface area contributed by atoms with Crippen LogP contribution in [-0.4, -0.2) is 16.9 Å². The topological polar surface area (TPSA) is 67.5 Å². The van der Waals surface area contributed by atoms with Gasteiger partial charge in [-0.1, -0.05) is 60.7 Å². The molecule has 132 valence electrons. The number of nitrogens with two attached hydrogens (primary N) is 1. The molecule has 0 atom stereocenters. The van der Waals surface area contributed by atoms with Gasteiger partial charge in [-0.2, -0.15) is 0 Å². The predicted octanol–water partition coefficient (Wildman–Crippen LogP) is 3.84. The van der Waals surface area contributed by atoms with Crippen molar-refractivity contribution in [3.8, 4) is 0 Å². The van der Waals surface area contributed by atoms with Crippen LogP contribution in [-0.2, 0) is 16.3 Å². The van der Waals surface area contributed by atoms with Crippen LogP contribution in [0.15, 0.2) is 75.5 Å². The second kappa shape index (κ2) is 9.02. The van der Waals surface area contributed by atoms with Crippen molar-refractivity contribution in [1.82, 2.24) is 5.32 Å². The van der Waals surface area contributed by atoms with Gasteiger partial charge in [0, 0.05) is 11.5 Å². The van der Waals surface area contributed by atoms with Crippen molar-refractivity contribution in [1.29, 1.82) is 0 Å². The van der Waals surface area contributed by atoms with E-state index in [9.17, 15) is 4.79 Å². The Kier molecular flexibility index (Phi) is 6.49. The monoisotopic (exact) mass is 399 g/mol. The van der Waals surface area contributed by atoms with Crippen molar-refractivity contribution >= 4 is 52.6 Å². The summed E-state index contributed by atoms with van der Waals surface area (Å²) in [7, 11) is 0. The van der Waals surface area contributed by atoms with E-state index in [1.54, 1.807) is 23.5 Å². The lowest BCUT2D eigenvalue weighted by molar-refractivity contribution is -0.115. The molecule has 1 amide bonds. The van der Waals surface area contributed by atoms with Gasteiger partial charge in [-0.05, 0) is 23.3 Å². The first-order valence-corrected chi connectivity index (χ1v) is 10.3. The van der Waals surface area contributed by atoms with Gasteiger partial charge in [-0.3, -0.25) is 10.1 Å². The highest BCUT2D eigenvalue weighted by Gasteiger charge is 2.25. The lowest BCUT2D eigenvalue weighted by Crippen LogP contribution is -2.40. The summed E-state index contributed by atoms with van der Waals surface area (Å²) in [5.74, 6) is 1.37. The molecule has 0 bridgehead atoms. The third-order valence-electron chi connectivity index (χ3n) is 3.56. The molecule has 0 saturated heterocycles. The first-order chi connectivity index (χ1) is 12.6. The number of aliphatic imine (C=N–C) groups is 1. The fourth-order valence-corrected chi connectivity index (χ4v) is 4.84. The standard InChI is InChI=1S/C19H17N3OS3/c20-16-15(17(23)22-19(24)21-16)18(25-11-13-7-3-1-4-8-13)26-12-14-9-5-2-6-10-14/h1-10H,11-12H2,(H3,20,21,22,23,24). The Morgan fingerprint density at radius 1 is 0.962 bits per heavy atom. The highest BCUT2D eigenvalue weighted by molar-refractivity contribution is 8.21. The maximum absolute atomic E-state index is 12.4. The lowest BCUT2D eigenvalue weighted by atomic mass is 10.2. The van der Waals surface area contributed by atoms with Crippen molar-refractivity contribution in [3.05, 3.63) is 81.6 Å². The third kappa shape index (κ3) is 4.97. The van der Waals surface area contributed by atoms with Crippen LogP contribution in [0.1, 0.15) is 11.1 Å². The number of nitrogens with zero attached hydrogens (tertiary/aromatic N) is 1. The molecule has 4 nitrogen and oxygen atoms in total. The Morgan fingerprint density at radius 3 is 1.92 bits per heavy atom. The Balaban J connectivity index is 1.85. The molecule has 1 aliphatic rings. The summed E-state index contributed by atoms with van der Waals surface area (Å²) in [6.45, 7) is 0. The number of amides is 1. The average molecular weight is 400 g/mol. The predicted molar refractivity (Wildman–Crippen MR) is 115 cm³/mol. The molecule has 1 aliphatic heterocycles. The largest absolute Gasteiger partial charge is 0.383 e. The number of amidine groups is 1. The molecular formula is C19H17N3OS3. The molecule has 0 spiro atoms. The molecule has 1 heterocycles. The van der Waals surface area contributed by atoms with Crippen molar-refractivity contribution in [2.75, 3.05) is 0 Å². The smallest absolute Gasteiger partial charge is 0.262 e. The fraction of sp³-hybridized carbons (Fsp3) is 0.105. The molecule has 0 fully saturated rings. The van der Waals surface area contributed by atoms with E-state index in [2.05, 4.69) is 34.6 Å². The van der Waals surface area contributed by atoms with Crippen LogP contribution in [0.5, 0.6) is 0 Å². The molecule has 0 aromatic heterocycles. The van der Waals surface area contributed by atoms with Crippen LogP contribution in [0.3, 0.4) is 0 Å². The molecular weight excluding hydrogens is 382 g/mol. The Bertz CT molecular complexity index is 819. The van der Waals surface area contributed by atoms with Gasteiger partial charge in [0.2, 0.25) is 5.11 Å². The van der Waals surface area contributed by atoms with Gasteiger partial charge in [0.15, 0.2) is 0 Å². The van der Waals surface area contributed by atoms with E-state index in [0.717, 1.165) is 15.7 Å². The molecule has 7 heteroatoms. The van der Waals surface area contributed by atoms with E-state index in [0.29, 0.717) is 5.57 Å². The van der Waals surface area contributed by atoms with Crippen molar-refractivity contribution in [2.24, 2.45) is 10.7 Å². The summed E-state index contributed by atoms with van der Waals surface area (Å²) < 4.78 is 0.846. The number of thiocarbonyl (C=S) groups is 1. The molecule has 0 saturated carbocycles. The quantitative estimate of drug-likeness (QED) is 0.571. The number of carbonyl (C=O) groups excluding carboxylic acids is 1. The van der Waals surface area contributed by atoms with E-state index in [-0.39, 0.29) is 16.9 Å². The van der Waals surface area contributed by atoms with E-state index in [4.69, 9.17) is 18.0 Å². The summed E-state index contributed by atoms with van der Waals surface area (Å²) in [4.78, 5) is 16.5. The summed E-state index contributed by atoms with van der Waals surface area (Å²) in [6.07, 6.45) is 0. The second-order valence-corrected chi connectivity index (χ2v) is 8.08. The first-order valence-electron chi connectivity index (χ1n) is 7.91. The number of hydrogen-bond acceptors (Lipinski definition) is 5. The van der Waals surface area contributed by atoms with E-state index in [1.807, 2.05) is 36.4 Å². The van der Waals surface area contributed by atoms with E-state index >= 15 is 0 Å². The Morgan fingerprint density at radius 2 is 1.46 bits per heavy atom. The minimum Gasteiger partial charge on any atom is -0.383 e. The zero-order valence-corrected chi connectivity index (χ0v) is 16.3. The lowest BCUT2D eigenvalue weighted by Gasteiger charge is -2.18. The number of benzene rings is 2. The van der Waals surface area contributed by atoms with Gasteiger partial charge < -0.3 is 5.73 Å². The minimum absolute atomic E-state index is 0.108. The number of hydrogen-bond donors (Lipinski definition) is 2. The van der Waals surface area contributed by atoms with Gasteiger partial charge >= 0.3 is 0 Å². The van der Waals surface area contributed by atoms with Crippen molar-refractivity contribution < 1.29 is 4.79 Å². The van der Waals surface area contributed by atoms with Gasteiger partial charge in [0.25, 0.3) is 5.91 Å². The summed E-state index contributed by atoms with van der Waals surface area (Å²) in [6, 6.07) is 20.2. The molecule has 2 aromatic carbocycles. The number of carbonyl (C=O) groups is 1. The maximum Gasteiger partial charge on any atom is 0.262 e. The van der Waals surface area contributed by atoms with Crippen LogP contribution in [0.4, 0.5) is 0 Å². The SMILES string of the molecule is NC1=NC(=S)NC(=O)C1=C(SCc1ccccc1)SCc1ccccc1. The van der Waals surface area contributed by atoms with Crippen LogP contribution in [0.2, 0.25) is 0 Å². The van der Waals surface area contributed by atoms with Crippen molar-refractivity contribution in [2.45, 2.75) is 11.5 Å². The van der Waals surface area contributed by atoms with Crippen LogP contribution in [0.25, 0.3) is 0 Å². The number of thioether (sulfide) groups is 2.